The van der Waals surface area contributed by atoms with E-state index < -0.39 is 10.0 Å². The minimum Gasteiger partial charge on any atom is -0.317 e. The number of piperidine rings is 1. The van der Waals surface area contributed by atoms with Gasteiger partial charge in [-0.25, -0.2) is 8.42 Å². The quantitative estimate of drug-likeness (QED) is 0.918. The first kappa shape index (κ1) is 15.5. The molecule has 1 saturated heterocycles. The van der Waals surface area contributed by atoms with E-state index in [1.165, 1.54) is 10.4 Å². The average Bonchev–Trinajstić information content (AvgIpc) is 2.69. The standard InChI is InChI=1S/C11H16Cl2N2O2S2/c1-7-6-15(4-3-8(7)14-2)19(16,17)9-5-10(12)18-11(9)13/h5,7-8,14H,3-4,6H2,1-2H3. The minimum absolute atomic E-state index is 0.124. The van der Waals surface area contributed by atoms with Gasteiger partial charge < -0.3 is 5.32 Å². The Morgan fingerprint density at radius 1 is 1.47 bits per heavy atom. The van der Waals surface area contributed by atoms with Gasteiger partial charge in [-0.15, -0.1) is 11.3 Å². The Hall–Kier alpha value is 0.150. The van der Waals surface area contributed by atoms with Crippen molar-refractivity contribution in [2.45, 2.75) is 24.3 Å². The number of rotatable bonds is 3. The van der Waals surface area contributed by atoms with Gasteiger partial charge in [-0.05, 0) is 25.5 Å². The first-order chi connectivity index (χ1) is 8.86. The van der Waals surface area contributed by atoms with Crippen LogP contribution in [-0.2, 0) is 10.0 Å². The third-order valence-corrected chi connectivity index (χ3v) is 7.10. The van der Waals surface area contributed by atoms with E-state index in [1.54, 1.807) is 0 Å². The van der Waals surface area contributed by atoms with Crippen molar-refractivity contribution in [3.05, 3.63) is 14.7 Å². The molecule has 1 fully saturated rings. The third kappa shape index (κ3) is 3.09. The lowest BCUT2D eigenvalue weighted by molar-refractivity contribution is 0.228. The van der Waals surface area contributed by atoms with Crippen LogP contribution in [0.4, 0.5) is 0 Å². The van der Waals surface area contributed by atoms with Crippen molar-refractivity contribution in [2.75, 3.05) is 20.1 Å². The van der Waals surface area contributed by atoms with Crippen LogP contribution in [0.1, 0.15) is 13.3 Å². The van der Waals surface area contributed by atoms with E-state index in [4.69, 9.17) is 23.2 Å². The normalized spacial score (nSPS) is 25.7. The van der Waals surface area contributed by atoms with Gasteiger partial charge in [-0.3, -0.25) is 0 Å². The highest BCUT2D eigenvalue weighted by Crippen LogP contribution is 2.36. The van der Waals surface area contributed by atoms with E-state index in [2.05, 4.69) is 5.32 Å². The van der Waals surface area contributed by atoms with E-state index >= 15 is 0 Å². The summed E-state index contributed by atoms with van der Waals surface area (Å²) in [6, 6.07) is 1.78. The van der Waals surface area contributed by atoms with E-state index in [9.17, 15) is 8.42 Å². The highest BCUT2D eigenvalue weighted by atomic mass is 35.5. The molecule has 1 N–H and O–H groups in total. The zero-order chi connectivity index (χ0) is 14.2. The highest BCUT2D eigenvalue weighted by Gasteiger charge is 2.34. The van der Waals surface area contributed by atoms with Crippen molar-refractivity contribution in [2.24, 2.45) is 5.92 Å². The predicted molar refractivity (Wildman–Crippen MR) is 79.7 cm³/mol. The van der Waals surface area contributed by atoms with Crippen molar-refractivity contribution < 1.29 is 8.42 Å². The van der Waals surface area contributed by atoms with Crippen LogP contribution in [0.5, 0.6) is 0 Å². The van der Waals surface area contributed by atoms with Crippen LogP contribution in [0.25, 0.3) is 0 Å². The van der Waals surface area contributed by atoms with Crippen molar-refractivity contribution in [1.82, 2.24) is 9.62 Å². The maximum atomic E-state index is 12.5. The molecule has 0 aromatic carbocycles. The second kappa shape index (κ2) is 5.87. The highest BCUT2D eigenvalue weighted by molar-refractivity contribution is 7.89. The number of nitrogens with zero attached hydrogens (tertiary/aromatic N) is 1. The molecule has 8 heteroatoms. The Balaban J connectivity index is 2.24. The van der Waals surface area contributed by atoms with Crippen LogP contribution in [-0.4, -0.2) is 38.9 Å². The first-order valence-electron chi connectivity index (χ1n) is 5.98. The number of thiophene rings is 1. The molecule has 0 bridgehead atoms. The number of hydrogen-bond acceptors (Lipinski definition) is 4. The van der Waals surface area contributed by atoms with Crippen LogP contribution in [0, 0.1) is 5.92 Å². The zero-order valence-corrected chi connectivity index (χ0v) is 13.8. The summed E-state index contributed by atoms with van der Waals surface area (Å²) in [6.45, 7) is 3.05. The Morgan fingerprint density at radius 2 is 2.16 bits per heavy atom. The second-order valence-corrected chi connectivity index (χ2v) is 8.90. The Labute approximate surface area is 127 Å². The minimum atomic E-state index is -3.54. The van der Waals surface area contributed by atoms with Gasteiger partial charge >= 0.3 is 0 Å². The van der Waals surface area contributed by atoms with Gasteiger partial charge in [0, 0.05) is 19.1 Å². The molecule has 108 valence electrons. The van der Waals surface area contributed by atoms with Crippen LogP contribution >= 0.6 is 34.5 Å². The number of sulfonamides is 1. The Kier molecular flexibility index (Phi) is 4.80. The third-order valence-electron chi connectivity index (χ3n) is 3.48. The Bertz CT molecular complexity index is 559. The lowest BCUT2D eigenvalue weighted by Gasteiger charge is -2.35. The summed E-state index contributed by atoms with van der Waals surface area (Å²) in [4.78, 5) is 0.124. The van der Waals surface area contributed by atoms with Crippen molar-refractivity contribution in [1.29, 1.82) is 0 Å². The fourth-order valence-electron chi connectivity index (χ4n) is 2.39. The predicted octanol–water partition coefficient (Wildman–Crippen LogP) is 2.67. The first-order valence-corrected chi connectivity index (χ1v) is 8.99. The van der Waals surface area contributed by atoms with Crippen molar-refractivity contribution >= 4 is 44.6 Å². The lowest BCUT2D eigenvalue weighted by atomic mass is 9.96. The summed E-state index contributed by atoms with van der Waals surface area (Å²) in [5.74, 6) is 0.265. The summed E-state index contributed by atoms with van der Waals surface area (Å²) in [7, 11) is -1.63. The number of nitrogens with one attached hydrogen (secondary N) is 1. The molecule has 1 aliphatic heterocycles. The smallest absolute Gasteiger partial charge is 0.245 e. The van der Waals surface area contributed by atoms with E-state index in [-0.39, 0.29) is 15.1 Å². The maximum Gasteiger partial charge on any atom is 0.245 e. The monoisotopic (exact) mass is 342 g/mol. The maximum absolute atomic E-state index is 12.5. The molecule has 1 aliphatic rings. The molecule has 2 unspecified atom stereocenters. The van der Waals surface area contributed by atoms with Gasteiger partial charge in [0.1, 0.15) is 9.23 Å². The SMILES string of the molecule is CNC1CCN(S(=O)(=O)c2cc(Cl)sc2Cl)CC1C. The average molecular weight is 343 g/mol. The van der Waals surface area contributed by atoms with Crippen LogP contribution in [0.2, 0.25) is 8.67 Å². The molecule has 1 aromatic rings. The molecule has 19 heavy (non-hydrogen) atoms. The van der Waals surface area contributed by atoms with Gasteiger partial charge in [0.15, 0.2) is 0 Å². The van der Waals surface area contributed by atoms with E-state index in [0.29, 0.717) is 23.5 Å². The van der Waals surface area contributed by atoms with Crippen LogP contribution in [0.15, 0.2) is 11.0 Å². The van der Waals surface area contributed by atoms with Gasteiger partial charge in [-0.1, -0.05) is 30.1 Å². The topological polar surface area (TPSA) is 49.4 Å². The molecule has 0 radical (unpaired) electrons. The summed E-state index contributed by atoms with van der Waals surface area (Å²) in [5.41, 5.74) is 0. The molecule has 0 amide bonds. The summed E-state index contributed by atoms with van der Waals surface area (Å²) < 4.78 is 27.2. The number of halogens is 2. The van der Waals surface area contributed by atoms with Gasteiger partial charge in [-0.2, -0.15) is 4.31 Å². The molecule has 1 aromatic heterocycles. The molecule has 2 heterocycles. The van der Waals surface area contributed by atoms with Gasteiger partial charge in [0.05, 0.1) is 4.34 Å². The fraction of sp³-hybridized carbons (Fsp3) is 0.636. The molecule has 0 spiro atoms. The molecule has 4 nitrogen and oxygen atoms in total. The zero-order valence-electron chi connectivity index (χ0n) is 10.7. The second-order valence-electron chi connectivity index (χ2n) is 4.71. The Morgan fingerprint density at radius 3 is 2.63 bits per heavy atom. The van der Waals surface area contributed by atoms with Gasteiger partial charge in [0.2, 0.25) is 10.0 Å². The summed E-state index contributed by atoms with van der Waals surface area (Å²) in [5, 5.41) is 3.21. The molecular formula is C11H16Cl2N2O2S2. The van der Waals surface area contributed by atoms with Crippen molar-refractivity contribution in [3.8, 4) is 0 Å². The van der Waals surface area contributed by atoms with Gasteiger partial charge in [0.25, 0.3) is 0 Å². The van der Waals surface area contributed by atoms with E-state index in [0.717, 1.165) is 17.8 Å². The largest absolute Gasteiger partial charge is 0.317 e. The molecular weight excluding hydrogens is 327 g/mol. The van der Waals surface area contributed by atoms with Crippen molar-refractivity contribution in [3.63, 3.8) is 0 Å². The van der Waals surface area contributed by atoms with Crippen LogP contribution < -0.4 is 5.32 Å². The molecule has 2 atom stereocenters. The fourth-order valence-corrected chi connectivity index (χ4v) is 6.06. The number of hydrogen-bond donors (Lipinski definition) is 1. The molecule has 0 aliphatic carbocycles. The lowest BCUT2D eigenvalue weighted by Crippen LogP contribution is -2.49. The molecule has 0 saturated carbocycles. The van der Waals surface area contributed by atoms with Crippen LogP contribution in [0.3, 0.4) is 0 Å². The summed E-state index contributed by atoms with van der Waals surface area (Å²) >= 11 is 12.9. The van der Waals surface area contributed by atoms with E-state index in [1.807, 2.05) is 14.0 Å². The summed E-state index contributed by atoms with van der Waals surface area (Å²) in [6.07, 6.45) is 0.798. The molecule has 2 rings (SSSR count).